The average molecular weight is 300 g/mol. The van der Waals surface area contributed by atoms with Gasteiger partial charge in [0.2, 0.25) is 0 Å². The Kier molecular flexibility index (Phi) is 4.68. The lowest BCUT2D eigenvalue weighted by Crippen LogP contribution is -2.47. The third-order valence-corrected chi connectivity index (χ3v) is 4.44. The van der Waals surface area contributed by atoms with Crippen molar-refractivity contribution in [3.05, 3.63) is 48.4 Å². The number of rotatable bonds is 5. The SMILES string of the molecule is CCC(c1ccco1)N1CCN(c2ccccc2OC)CC1. The van der Waals surface area contributed by atoms with Gasteiger partial charge in [-0.2, -0.15) is 0 Å². The Bertz CT molecular complexity index is 575. The molecule has 1 atom stereocenters. The minimum Gasteiger partial charge on any atom is -0.495 e. The van der Waals surface area contributed by atoms with E-state index in [9.17, 15) is 0 Å². The van der Waals surface area contributed by atoms with E-state index >= 15 is 0 Å². The van der Waals surface area contributed by atoms with Gasteiger partial charge in [-0.15, -0.1) is 0 Å². The molecule has 0 N–H and O–H groups in total. The summed E-state index contributed by atoms with van der Waals surface area (Å²) in [5.41, 5.74) is 1.19. The minimum absolute atomic E-state index is 0.384. The topological polar surface area (TPSA) is 28.9 Å². The highest BCUT2D eigenvalue weighted by molar-refractivity contribution is 5.58. The minimum atomic E-state index is 0.384. The fourth-order valence-corrected chi connectivity index (χ4v) is 3.29. The standard InChI is InChI=1S/C18H24N2O2/c1-3-15(18-9-6-14-22-18)19-10-12-20(13-11-19)16-7-4-5-8-17(16)21-2/h4-9,14-15H,3,10-13H2,1-2H3. The van der Waals surface area contributed by atoms with Gasteiger partial charge in [-0.1, -0.05) is 19.1 Å². The molecular formula is C18H24N2O2. The van der Waals surface area contributed by atoms with E-state index in [0.717, 1.165) is 44.1 Å². The van der Waals surface area contributed by atoms with Crippen LogP contribution in [0.1, 0.15) is 25.1 Å². The first-order valence-electron chi connectivity index (χ1n) is 7.99. The van der Waals surface area contributed by atoms with Crippen LogP contribution in [0.3, 0.4) is 0 Å². The van der Waals surface area contributed by atoms with Crippen LogP contribution in [-0.4, -0.2) is 38.2 Å². The number of hydrogen-bond donors (Lipinski definition) is 0. The summed E-state index contributed by atoms with van der Waals surface area (Å²) in [7, 11) is 1.74. The number of methoxy groups -OCH3 is 1. The van der Waals surface area contributed by atoms with E-state index in [0.29, 0.717) is 6.04 Å². The molecule has 1 aromatic heterocycles. The highest BCUT2D eigenvalue weighted by Crippen LogP contribution is 2.31. The molecule has 0 saturated carbocycles. The van der Waals surface area contributed by atoms with E-state index in [4.69, 9.17) is 9.15 Å². The van der Waals surface area contributed by atoms with Crippen LogP contribution in [0, 0.1) is 0 Å². The third-order valence-electron chi connectivity index (χ3n) is 4.44. The summed E-state index contributed by atoms with van der Waals surface area (Å²) < 4.78 is 11.1. The lowest BCUT2D eigenvalue weighted by molar-refractivity contribution is 0.160. The van der Waals surface area contributed by atoms with E-state index in [2.05, 4.69) is 34.9 Å². The van der Waals surface area contributed by atoms with Crippen molar-refractivity contribution in [2.45, 2.75) is 19.4 Å². The summed E-state index contributed by atoms with van der Waals surface area (Å²) in [5.74, 6) is 2.03. The predicted octanol–water partition coefficient (Wildman–Crippen LogP) is 3.56. The molecule has 118 valence electrons. The maximum atomic E-state index is 5.61. The van der Waals surface area contributed by atoms with Gasteiger partial charge in [0, 0.05) is 26.2 Å². The van der Waals surface area contributed by atoms with Gasteiger partial charge in [0.15, 0.2) is 0 Å². The summed E-state index contributed by atoms with van der Waals surface area (Å²) in [5, 5.41) is 0. The molecule has 1 aliphatic rings. The summed E-state index contributed by atoms with van der Waals surface area (Å²) in [6.45, 7) is 6.32. The zero-order valence-corrected chi connectivity index (χ0v) is 13.4. The van der Waals surface area contributed by atoms with Crippen molar-refractivity contribution in [1.29, 1.82) is 0 Å². The van der Waals surface area contributed by atoms with E-state index in [-0.39, 0.29) is 0 Å². The predicted molar refractivity (Wildman–Crippen MR) is 88.5 cm³/mol. The molecule has 1 unspecified atom stereocenters. The Morgan fingerprint density at radius 2 is 1.86 bits per heavy atom. The van der Waals surface area contributed by atoms with Crippen LogP contribution in [0.15, 0.2) is 47.1 Å². The first-order chi connectivity index (χ1) is 10.8. The molecule has 4 heteroatoms. The molecule has 3 rings (SSSR count). The Hall–Kier alpha value is -1.94. The smallest absolute Gasteiger partial charge is 0.142 e. The summed E-state index contributed by atoms with van der Waals surface area (Å²) >= 11 is 0. The van der Waals surface area contributed by atoms with Gasteiger partial charge in [-0.25, -0.2) is 0 Å². The van der Waals surface area contributed by atoms with Gasteiger partial charge in [0.1, 0.15) is 11.5 Å². The van der Waals surface area contributed by atoms with Crippen molar-refractivity contribution in [2.24, 2.45) is 0 Å². The average Bonchev–Trinajstić information content (AvgIpc) is 3.10. The molecule has 1 aromatic carbocycles. The Balaban J connectivity index is 1.67. The Labute approximate surface area is 132 Å². The Morgan fingerprint density at radius 1 is 1.09 bits per heavy atom. The van der Waals surface area contributed by atoms with Crippen LogP contribution in [0.5, 0.6) is 5.75 Å². The second kappa shape index (κ2) is 6.88. The van der Waals surface area contributed by atoms with Crippen LogP contribution < -0.4 is 9.64 Å². The van der Waals surface area contributed by atoms with Crippen LogP contribution >= 0.6 is 0 Å². The maximum absolute atomic E-state index is 5.61. The number of furan rings is 1. The highest BCUT2D eigenvalue weighted by atomic mass is 16.5. The molecule has 1 fully saturated rings. The van der Waals surface area contributed by atoms with E-state index in [1.165, 1.54) is 5.69 Å². The van der Waals surface area contributed by atoms with Crippen LogP contribution in [0.4, 0.5) is 5.69 Å². The Morgan fingerprint density at radius 3 is 2.50 bits per heavy atom. The molecule has 22 heavy (non-hydrogen) atoms. The van der Waals surface area contributed by atoms with E-state index in [1.54, 1.807) is 13.4 Å². The number of hydrogen-bond acceptors (Lipinski definition) is 4. The fraction of sp³-hybridized carbons (Fsp3) is 0.444. The van der Waals surface area contributed by atoms with Crippen molar-refractivity contribution >= 4 is 5.69 Å². The van der Waals surface area contributed by atoms with Gasteiger partial charge in [-0.3, -0.25) is 4.90 Å². The summed E-state index contributed by atoms with van der Waals surface area (Å²) in [6.07, 6.45) is 2.84. The number of anilines is 1. The molecule has 2 heterocycles. The fourth-order valence-electron chi connectivity index (χ4n) is 3.29. The first-order valence-corrected chi connectivity index (χ1v) is 7.99. The van der Waals surface area contributed by atoms with Crippen LogP contribution in [0.2, 0.25) is 0 Å². The first kappa shape index (κ1) is 15.0. The second-order valence-corrected chi connectivity index (χ2v) is 5.63. The molecule has 0 amide bonds. The molecule has 0 aliphatic carbocycles. The molecule has 2 aromatic rings. The number of benzene rings is 1. The van der Waals surface area contributed by atoms with Crippen molar-refractivity contribution in [1.82, 2.24) is 4.90 Å². The van der Waals surface area contributed by atoms with Crippen molar-refractivity contribution in [3.63, 3.8) is 0 Å². The van der Waals surface area contributed by atoms with Crippen molar-refractivity contribution < 1.29 is 9.15 Å². The molecule has 0 spiro atoms. The molecule has 4 nitrogen and oxygen atoms in total. The molecule has 1 saturated heterocycles. The molecule has 0 bridgehead atoms. The largest absolute Gasteiger partial charge is 0.495 e. The highest BCUT2D eigenvalue weighted by Gasteiger charge is 2.26. The van der Waals surface area contributed by atoms with Crippen LogP contribution in [0.25, 0.3) is 0 Å². The summed E-state index contributed by atoms with van der Waals surface area (Å²) in [4.78, 5) is 4.93. The number of nitrogens with zero attached hydrogens (tertiary/aromatic N) is 2. The number of para-hydroxylation sites is 2. The van der Waals surface area contributed by atoms with Crippen LogP contribution in [-0.2, 0) is 0 Å². The lowest BCUT2D eigenvalue weighted by atomic mass is 10.1. The van der Waals surface area contributed by atoms with Crippen molar-refractivity contribution in [2.75, 3.05) is 38.2 Å². The summed E-state index contributed by atoms with van der Waals surface area (Å²) in [6, 6.07) is 12.7. The quantitative estimate of drug-likeness (QED) is 0.844. The normalized spacial score (nSPS) is 17.5. The number of piperazine rings is 1. The van der Waals surface area contributed by atoms with Gasteiger partial charge in [0.25, 0.3) is 0 Å². The monoisotopic (exact) mass is 300 g/mol. The van der Waals surface area contributed by atoms with E-state index in [1.807, 2.05) is 18.2 Å². The molecule has 0 radical (unpaired) electrons. The molecule has 1 aliphatic heterocycles. The van der Waals surface area contributed by atoms with Gasteiger partial charge < -0.3 is 14.1 Å². The zero-order chi connectivity index (χ0) is 15.4. The third kappa shape index (κ3) is 2.97. The second-order valence-electron chi connectivity index (χ2n) is 5.63. The molecular weight excluding hydrogens is 276 g/mol. The number of ether oxygens (including phenoxy) is 1. The van der Waals surface area contributed by atoms with E-state index < -0.39 is 0 Å². The van der Waals surface area contributed by atoms with Gasteiger partial charge in [-0.05, 0) is 30.7 Å². The maximum Gasteiger partial charge on any atom is 0.142 e. The van der Waals surface area contributed by atoms with Gasteiger partial charge >= 0.3 is 0 Å². The van der Waals surface area contributed by atoms with Crippen molar-refractivity contribution in [3.8, 4) is 5.75 Å². The lowest BCUT2D eigenvalue weighted by Gasteiger charge is -2.39. The van der Waals surface area contributed by atoms with Gasteiger partial charge in [0.05, 0.1) is 25.1 Å². The zero-order valence-electron chi connectivity index (χ0n) is 13.4.